The second-order valence-corrected chi connectivity index (χ2v) is 11.3. The van der Waals surface area contributed by atoms with Crippen LogP contribution in [0.15, 0.2) is 0 Å². The van der Waals surface area contributed by atoms with Gasteiger partial charge in [-0.3, -0.25) is 0 Å². The van der Waals surface area contributed by atoms with Gasteiger partial charge in [0, 0.05) is 5.41 Å². The zero-order valence-corrected chi connectivity index (χ0v) is 13.7. The first kappa shape index (κ1) is 15.8. The van der Waals surface area contributed by atoms with Crippen LogP contribution in [0.25, 0.3) is 0 Å². The van der Waals surface area contributed by atoms with Gasteiger partial charge in [-0.15, -0.1) is 6.42 Å². The molecule has 18 heavy (non-hydrogen) atoms. The highest BCUT2D eigenvalue weighted by Gasteiger charge is 2.44. The summed E-state index contributed by atoms with van der Waals surface area (Å²) in [5, 5.41) is 0. The molecule has 0 aromatic heterocycles. The van der Waals surface area contributed by atoms with Gasteiger partial charge >= 0.3 is 0 Å². The van der Waals surface area contributed by atoms with E-state index in [4.69, 9.17) is 10.8 Å². The first-order valence-electron chi connectivity index (χ1n) is 7.57. The summed E-state index contributed by atoms with van der Waals surface area (Å²) in [5.74, 6) is 2.95. The fourth-order valence-electron chi connectivity index (χ4n) is 2.87. The van der Waals surface area contributed by atoms with Crippen molar-refractivity contribution in [2.24, 2.45) is 5.41 Å². The van der Waals surface area contributed by atoms with E-state index in [1.54, 1.807) is 0 Å². The predicted octanol–water partition coefficient (Wildman–Crippen LogP) is 4.98. The van der Waals surface area contributed by atoms with Gasteiger partial charge in [-0.1, -0.05) is 44.9 Å². The van der Waals surface area contributed by atoms with Crippen LogP contribution in [-0.4, -0.2) is 14.4 Å². The maximum absolute atomic E-state index is 6.25. The minimum atomic E-state index is -1.53. The van der Waals surface area contributed by atoms with Crippen molar-refractivity contribution in [2.75, 3.05) is 0 Å². The van der Waals surface area contributed by atoms with Gasteiger partial charge in [-0.05, 0) is 38.9 Å². The van der Waals surface area contributed by atoms with Crippen molar-refractivity contribution in [1.29, 1.82) is 0 Å². The van der Waals surface area contributed by atoms with Gasteiger partial charge in [-0.25, -0.2) is 0 Å². The molecule has 0 radical (unpaired) electrons. The van der Waals surface area contributed by atoms with Crippen LogP contribution in [0.4, 0.5) is 0 Å². The lowest BCUT2D eigenvalue weighted by Crippen LogP contribution is -2.46. The second-order valence-electron chi connectivity index (χ2n) is 6.80. The molecule has 1 atom stereocenters. The summed E-state index contributed by atoms with van der Waals surface area (Å²) in [5.41, 5.74) is 0.322. The summed E-state index contributed by atoms with van der Waals surface area (Å²) in [4.78, 5) is 0. The van der Waals surface area contributed by atoms with E-state index in [0.717, 1.165) is 0 Å². The van der Waals surface area contributed by atoms with Crippen molar-refractivity contribution in [1.82, 2.24) is 0 Å². The fraction of sp³-hybridized carbons (Fsp3) is 0.875. The zero-order valence-electron chi connectivity index (χ0n) is 12.7. The monoisotopic (exact) mass is 266 g/mol. The number of terminal acetylenes is 1. The fourth-order valence-corrected chi connectivity index (χ4v) is 3.89. The second kappa shape index (κ2) is 6.77. The molecular weight excluding hydrogens is 236 g/mol. The van der Waals surface area contributed by atoms with Crippen LogP contribution in [0.2, 0.25) is 19.6 Å². The summed E-state index contributed by atoms with van der Waals surface area (Å²) in [6.45, 7) is 8.97. The number of rotatable bonds is 8. The van der Waals surface area contributed by atoms with Crippen molar-refractivity contribution in [3.63, 3.8) is 0 Å². The van der Waals surface area contributed by atoms with Gasteiger partial charge in [-0.2, -0.15) is 0 Å². The van der Waals surface area contributed by atoms with Crippen molar-refractivity contribution < 1.29 is 4.43 Å². The quantitative estimate of drug-likeness (QED) is 0.342. The van der Waals surface area contributed by atoms with E-state index >= 15 is 0 Å². The molecule has 1 aliphatic carbocycles. The topological polar surface area (TPSA) is 9.23 Å². The third-order valence-electron chi connectivity index (χ3n) is 4.06. The molecule has 0 N–H and O–H groups in total. The minimum absolute atomic E-state index is 0.0690. The van der Waals surface area contributed by atoms with Gasteiger partial charge in [0.25, 0.3) is 0 Å². The van der Waals surface area contributed by atoms with Crippen LogP contribution < -0.4 is 0 Å². The van der Waals surface area contributed by atoms with Gasteiger partial charge < -0.3 is 4.43 Å². The molecule has 1 rings (SSSR count). The minimum Gasteiger partial charge on any atom is -0.404 e. The smallest absolute Gasteiger partial charge is 0.185 e. The molecule has 0 saturated heterocycles. The summed E-state index contributed by atoms with van der Waals surface area (Å²) in [6, 6.07) is 0. The largest absolute Gasteiger partial charge is 0.404 e. The van der Waals surface area contributed by atoms with Gasteiger partial charge in [0.15, 0.2) is 8.32 Å². The molecule has 0 spiro atoms. The molecule has 1 nitrogen and oxygen atoms in total. The van der Waals surface area contributed by atoms with Crippen molar-refractivity contribution in [3.05, 3.63) is 0 Å². The highest BCUT2D eigenvalue weighted by atomic mass is 28.4. The van der Waals surface area contributed by atoms with E-state index in [1.807, 2.05) is 0 Å². The first-order valence-corrected chi connectivity index (χ1v) is 11.0. The van der Waals surface area contributed by atoms with Crippen molar-refractivity contribution >= 4 is 8.32 Å². The standard InChI is InChI=1S/C16H30OSi/c1-6-8-9-10-12-16(13-11-14-16)15(7-2)17-18(3,4)5/h2,15H,6,8-14H2,1,3-5H3. The Kier molecular flexibility index (Phi) is 5.94. The lowest BCUT2D eigenvalue weighted by atomic mass is 9.62. The SMILES string of the molecule is C#CC(O[Si](C)(C)C)C1(CCCCCC)CCC1. The molecule has 1 aliphatic rings. The van der Waals surface area contributed by atoms with E-state index in [1.165, 1.54) is 51.4 Å². The van der Waals surface area contributed by atoms with Gasteiger partial charge in [0.05, 0.1) is 0 Å². The molecule has 0 aromatic rings. The maximum atomic E-state index is 6.25. The Bertz CT molecular complexity index is 280. The lowest BCUT2D eigenvalue weighted by molar-refractivity contribution is 0.00172. The summed E-state index contributed by atoms with van der Waals surface area (Å²) in [6.07, 6.45) is 16.3. The number of unbranched alkanes of at least 4 members (excludes halogenated alkanes) is 3. The normalized spacial score (nSPS) is 19.9. The Morgan fingerprint density at radius 3 is 2.28 bits per heavy atom. The number of hydrogen-bond donors (Lipinski definition) is 0. The Labute approximate surface area is 115 Å². The summed E-state index contributed by atoms with van der Waals surface area (Å²) < 4.78 is 6.25. The summed E-state index contributed by atoms with van der Waals surface area (Å²) in [7, 11) is -1.53. The third kappa shape index (κ3) is 4.44. The molecule has 1 saturated carbocycles. The Hall–Kier alpha value is -0.263. The van der Waals surface area contributed by atoms with E-state index < -0.39 is 8.32 Å². The molecule has 1 fully saturated rings. The Balaban J connectivity index is 2.53. The zero-order chi connectivity index (χ0) is 13.6. The van der Waals surface area contributed by atoms with Crippen LogP contribution in [0, 0.1) is 17.8 Å². The molecule has 104 valence electrons. The Morgan fingerprint density at radius 2 is 1.89 bits per heavy atom. The number of hydrogen-bond acceptors (Lipinski definition) is 1. The van der Waals surface area contributed by atoms with E-state index in [-0.39, 0.29) is 6.10 Å². The molecule has 0 aliphatic heterocycles. The molecule has 2 heteroatoms. The van der Waals surface area contributed by atoms with Crippen molar-refractivity contribution in [2.45, 2.75) is 84.0 Å². The molecular formula is C16H30OSi. The van der Waals surface area contributed by atoms with E-state index in [0.29, 0.717) is 5.41 Å². The first-order chi connectivity index (χ1) is 8.43. The average Bonchev–Trinajstić information content (AvgIpc) is 2.23. The van der Waals surface area contributed by atoms with Crippen LogP contribution in [0.3, 0.4) is 0 Å². The molecule has 1 unspecified atom stereocenters. The van der Waals surface area contributed by atoms with Gasteiger partial charge in [0.2, 0.25) is 0 Å². The molecule has 0 heterocycles. The molecule has 0 amide bonds. The Morgan fingerprint density at radius 1 is 1.22 bits per heavy atom. The van der Waals surface area contributed by atoms with E-state index in [2.05, 4.69) is 32.5 Å². The lowest BCUT2D eigenvalue weighted by Gasteiger charge is -2.47. The average molecular weight is 267 g/mol. The van der Waals surface area contributed by atoms with Crippen LogP contribution in [0.1, 0.15) is 58.3 Å². The van der Waals surface area contributed by atoms with Crippen LogP contribution >= 0.6 is 0 Å². The van der Waals surface area contributed by atoms with Crippen LogP contribution in [0.5, 0.6) is 0 Å². The highest BCUT2D eigenvalue weighted by molar-refractivity contribution is 6.69. The van der Waals surface area contributed by atoms with Crippen molar-refractivity contribution in [3.8, 4) is 12.3 Å². The third-order valence-corrected chi connectivity index (χ3v) is 5.00. The molecule has 0 aromatic carbocycles. The van der Waals surface area contributed by atoms with Crippen LogP contribution in [-0.2, 0) is 4.43 Å². The predicted molar refractivity (Wildman–Crippen MR) is 82.1 cm³/mol. The maximum Gasteiger partial charge on any atom is 0.185 e. The highest BCUT2D eigenvalue weighted by Crippen LogP contribution is 2.49. The van der Waals surface area contributed by atoms with E-state index in [9.17, 15) is 0 Å². The summed E-state index contributed by atoms with van der Waals surface area (Å²) >= 11 is 0. The van der Waals surface area contributed by atoms with Gasteiger partial charge in [0.1, 0.15) is 6.10 Å². The molecule has 0 bridgehead atoms.